The van der Waals surface area contributed by atoms with Crippen LogP contribution in [0, 0.1) is 17.6 Å². The third kappa shape index (κ3) is 5.35. The quantitative estimate of drug-likeness (QED) is 0.779. The summed E-state index contributed by atoms with van der Waals surface area (Å²) < 4.78 is 27.2. The molecule has 0 aromatic heterocycles. The van der Waals surface area contributed by atoms with Gasteiger partial charge in [-0.15, -0.1) is 24.8 Å². The van der Waals surface area contributed by atoms with Crippen LogP contribution in [0.15, 0.2) is 18.2 Å². The second-order valence-electron chi connectivity index (χ2n) is 8.01. The Bertz CT molecular complexity index is 667. The van der Waals surface area contributed by atoms with Gasteiger partial charge in [-0.05, 0) is 32.8 Å². The minimum absolute atomic E-state index is 0. The van der Waals surface area contributed by atoms with Crippen molar-refractivity contribution in [1.29, 1.82) is 0 Å². The zero-order chi connectivity index (χ0) is 18.9. The molecule has 1 aliphatic heterocycles. The fourth-order valence-corrected chi connectivity index (χ4v) is 4.35. The molecule has 3 unspecified atom stereocenters. The third-order valence-corrected chi connectivity index (χ3v) is 6.14. The van der Waals surface area contributed by atoms with Gasteiger partial charge in [0.15, 0.2) is 0 Å². The first-order chi connectivity index (χ1) is 12.3. The molecule has 4 nitrogen and oxygen atoms in total. The fraction of sp³-hybridized carbons (Fsp3) is 0.650. The van der Waals surface area contributed by atoms with Gasteiger partial charge >= 0.3 is 0 Å². The summed E-state index contributed by atoms with van der Waals surface area (Å²) in [5, 5.41) is 0. The molecular weight excluding hydrogens is 407 g/mol. The molecule has 2 fully saturated rings. The van der Waals surface area contributed by atoms with E-state index in [1.54, 1.807) is 0 Å². The SMILES string of the molecule is CC(c1ccc(F)cc1F)N1CCN(C(=O)C2CCCCC2(C)N)CC1.Cl.Cl. The van der Waals surface area contributed by atoms with Crippen LogP contribution in [-0.2, 0) is 4.79 Å². The minimum Gasteiger partial charge on any atom is -0.340 e. The smallest absolute Gasteiger partial charge is 0.227 e. The van der Waals surface area contributed by atoms with Crippen LogP contribution in [0.2, 0.25) is 0 Å². The van der Waals surface area contributed by atoms with Gasteiger partial charge in [0.2, 0.25) is 5.91 Å². The van der Waals surface area contributed by atoms with E-state index >= 15 is 0 Å². The number of nitrogens with zero attached hydrogens (tertiary/aromatic N) is 2. The summed E-state index contributed by atoms with van der Waals surface area (Å²) in [6.45, 7) is 6.52. The molecule has 3 rings (SSSR count). The summed E-state index contributed by atoms with van der Waals surface area (Å²) in [7, 11) is 0. The molecule has 0 radical (unpaired) electrons. The van der Waals surface area contributed by atoms with Crippen LogP contribution in [-0.4, -0.2) is 47.4 Å². The lowest BCUT2D eigenvalue weighted by Gasteiger charge is -2.43. The number of carbonyl (C=O) groups is 1. The number of amides is 1. The number of halogens is 4. The van der Waals surface area contributed by atoms with Crippen LogP contribution < -0.4 is 5.73 Å². The summed E-state index contributed by atoms with van der Waals surface area (Å²) in [5.41, 5.74) is 6.45. The average molecular weight is 438 g/mol. The summed E-state index contributed by atoms with van der Waals surface area (Å²) in [5.74, 6) is -1.02. The van der Waals surface area contributed by atoms with E-state index in [2.05, 4.69) is 4.90 Å². The molecule has 8 heteroatoms. The Morgan fingerprint density at radius 1 is 1.18 bits per heavy atom. The number of hydrogen-bond donors (Lipinski definition) is 1. The van der Waals surface area contributed by atoms with E-state index in [-0.39, 0.29) is 42.7 Å². The monoisotopic (exact) mass is 437 g/mol. The maximum atomic E-state index is 14.0. The third-order valence-electron chi connectivity index (χ3n) is 6.14. The molecule has 28 heavy (non-hydrogen) atoms. The Hall–Kier alpha value is -0.950. The molecule has 160 valence electrons. The second kappa shape index (κ2) is 10.2. The molecule has 0 spiro atoms. The van der Waals surface area contributed by atoms with E-state index in [4.69, 9.17) is 5.73 Å². The maximum absolute atomic E-state index is 14.0. The first-order valence-electron chi connectivity index (χ1n) is 9.56. The Morgan fingerprint density at radius 2 is 1.82 bits per heavy atom. The van der Waals surface area contributed by atoms with Crippen LogP contribution in [0.5, 0.6) is 0 Å². The minimum atomic E-state index is -0.564. The Balaban J connectivity index is 0.00000196. The highest BCUT2D eigenvalue weighted by Crippen LogP contribution is 2.33. The normalized spacial score (nSPS) is 26.8. The van der Waals surface area contributed by atoms with Crippen LogP contribution in [0.1, 0.15) is 51.1 Å². The number of nitrogens with two attached hydrogens (primary N) is 1. The van der Waals surface area contributed by atoms with Gasteiger partial charge in [-0.25, -0.2) is 8.78 Å². The van der Waals surface area contributed by atoms with Crippen molar-refractivity contribution in [2.24, 2.45) is 11.7 Å². The molecule has 1 saturated heterocycles. The van der Waals surface area contributed by atoms with Crippen LogP contribution in [0.3, 0.4) is 0 Å². The van der Waals surface area contributed by atoms with Crippen molar-refractivity contribution in [3.8, 4) is 0 Å². The molecule has 2 aliphatic rings. The van der Waals surface area contributed by atoms with Crippen molar-refractivity contribution in [1.82, 2.24) is 9.80 Å². The molecule has 1 heterocycles. The van der Waals surface area contributed by atoms with E-state index < -0.39 is 17.2 Å². The summed E-state index contributed by atoms with van der Waals surface area (Å²) >= 11 is 0. The highest BCUT2D eigenvalue weighted by atomic mass is 35.5. The summed E-state index contributed by atoms with van der Waals surface area (Å²) in [6, 6.07) is 3.58. The highest BCUT2D eigenvalue weighted by Gasteiger charge is 2.40. The topological polar surface area (TPSA) is 49.6 Å². The lowest BCUT2D eigenvalue weighted by atomic mass is 9.74. The first-order valence-corrected chi connectivity index (χ1v) is 9.56. The summed E-state index contributed by atoms with van der Waals surface area (Å²) in [4.78, 5) is 17.0. The van der Waals surface area contributed by atoms with E-state index in [0.29, 0.717) is 31.7 Å². The molecule has 1 aromatic rings. The molecule has 1 aliphatic carbocycles. The fourth-order valence-electron chi connectivity index (χ4n) is 4.35. The van der Waals surface area contributed by atoms with Gasteiger partial charge in [0, 0.05) is 49.4 Å². The molecule has 2 N–H and O–H groups in total. The van der Waals surface area contributed by atoms with Crippen molar-refractivity contribution in [2.75, 3.05) is 26.2 Å². The number of carbonyl (C=O) groups excluding carboxylic acids is 1. The van der Waals surface area contributed by atoms with Crippen LogP contribution in [0.25, 0.3) is 0 Å². The first kappa shape index (κ1) is 25.1. The lowest BCUT2D eigenvalue weighted by molar-refractivity contribution is -0.141. The van der Waals surface area contributed by atoms with Gasteiger partial charge in [0.1, 0.15) is 11.6 Å². The van der Waals surface area contributed by atoms with Crippen molar-refractivity contribution in [3.63, 3.8) is 0 Å². The number of benzene rings is 1. The van der Waals surface area contributed by atoms with Gasteiger partial charge in [-0.1, -0.05) is 18.9 Å². The predicted octanol–water partition coefficient (Wildman–Crippen LogP) is 3.92. The molecule has 1 saturated carbocycles. The predicted molar refractivity (Wildman–Crippen MR) is 112 cm³/mol. The lowest BCUT2D eigenvalue weighted by Crippen LogP contribution is -2.57. The zero-order valence-corrected chi connectivity index (χ0v) is 18.1. The second-order valence-corrected chi connectivity index (χ2v) is 8.01. The van der Waals surface area contributed by atoms with Crippen LogP contribution >= 0.6 is 24.8 Å². The Kier molecular flexibility index (Phi) is 9.13. The highest BCUT2D eigenvalue weighted by molar-refractivity contribution is 5.85. The average Bonchev–Trinajstić information content (AvgIpc) is 2.60. The summed E-state index contributed by atoms with van der Waals surface area (Å²) in [6.07, 6.45) is 3.91. The number of rotatable bonds is 3. The van der Waals surface area contributed by atoms with E-state index in [0.717, 1.165) is 31.7 Å². The molecule has 0 bridgehead atoms. The van der Waals surface area contributed by atoms with Gasteiger partial charge in [-0.3, -0.25) is 9.69 Å². The van der Waals surface area contributed by atoms with Gasteiger partial charge in [0.25, 0.3) is 0 Å². The Morgan fingerprint density at radius 3 is 2.39 bits per heavy atom. The number of piperazine rings is 1. The maximum Gasteiger partial charge on any atom is 0.227 e. The molecule has 1 amide bonds. The molecule has 3 atom stereocenters. The number of hydrogen-bond acceptors (Lipinski definition) is 3. The van der Waals surface area contributed by atoms with E-state index in [1.165, 1.54) is 12.1 Å². The standard InChI is InChI=1S/C20H29F2N3O.2ClH/c1-14(16-7-6-15(21)13-18(16)22)24-9-11-25(12-10-24)19(26)17-5-3-4-8-20(17,2)23;;/h6-7,13-14,17H,3-5,8-12,23H2,1-2H3;2*1H. The Labute approximate surface area is 178 Å². The van der Waals surface area contributed by atoms with Crippen LogP contribution in [0.4, 0.5) is 8.78 Å². The van der Waals surface area contributed by atoms with E-state index in [1.807, 2.05) is 18.7 Å². The zero-order valence-electron chi connectivity index (χ0n) is 16.5. The van der Waals surface area contributed by atoms with Crippen molar-refractivity contribution in [3.05, 3.63) is 35.4 Å². The van der Waals surface area contributed by atoms with Gasteiger partial charge in [-0.2, -0.15) is 0 Å². The molecule has 1 aromatic carbocycles. The van der Waals surface area contributed by atoms with Crippen molar-refractivity contribution < 1.29 is 13.6 Å². The molecular formula is C20H31Cl2F2N3O. The largest absolute Gasteiger partial charge is 0.340 e. The van der Waals surface area contributed by atoms with Crippen molar-refractivity contribution in [2.45, 2.75) is 51.1 Å². The van der Waals surface area contributed by atoms with Gasteiger partial charge in [0.05, 0.1) is 5.92 Å². The van der Waals surface area contributed by atoms with E-state index in [9.17, 15) is 13.6 Å². The van der Waals surface area contributed by atoms with Gasteiger partial charge < -0.3 is 10.6 Å². The van der Waals surface area contributed by atoms with Crippen molar-refractivity contribution >= 4 is 30.7 Å².